The van der Waals surface area contributed by atoms with Crippen molar-refractivity contribution in [3.8, 4) is 0 Å². The molecule has 1 aromatic heterocycles. The lowest BCUT2D eigenvalue weighted by molar-refractivity contribution is 0.101. The van der Waals surface area contributed by atoms with Gasteiger partial charge >= 0.3 is 0 Å². The van der Waals surface area contributed by atoms with Crippen molar-refractivity contribution in [1.29, 1.82) is 0 Å². The van der Waals surface area contributed by atoms with Crippen LogP contribution in [0.25, 0.3) is 0 Å². The largest absolute Gasteiger partial charge is 0.339 e. The van der Waals surface area contributed by atoms with E-state index < -0.39 is 0 Å². The van der Waals surface area contributed by atoms with Crippen LogP contribution in [0.2, 0.25) is 0 Å². The summed E-state index contributed by atoms with van der Waals surface area (Å²) < 4.78 is 0. The summed E-state index contributed by atoms with van der Waals surface area (Å²) in [6.45, 7) is 3.56. The lowest BCUT2D eigenvalue weighted by Crippen LogP contribution is -2.03. The fourth-order valence-corrected chi connectivity index (χ4v) is 2.23. The highest BCUT2D eigenvalue weighted by Gasteiger charge is 2.04. The monoisotopic (exact) mass is 319 g/mol. The van der Waals surface area contributed by atoms with E-state index in [1.807, 2.05) is 43.3 Å². The number of ketones is 1. The van der Waals surface area contributed by atoms with Crippen LogP contribution in [-0.2, 0) is 0 Å². The van der Waals surface area contributed by atoms with Crippen LogP contribution in [0.3, 0.4) is 0 Å². The Bertz CT molecular complexity index is 879. The van der Waals surface area contributed by atoms with E-state index in [4.69, 9.17) is 0 Å². The molecular weight excluding hydrogens is 302 g/mol. The molecular formula is C18H17N5O. The number of nitrogens with one attached hydrogen (secondary N) is 2. The number of aryl methyl sites for hydroxylation is 1. The Morgan fingerprint density at radius 1 is 1.00 bits per heavy atom. The summed E-state index contributed by atoms with van der Waals surface area (Å²) in [6.07, 6.45) is 1.53. The number of rotatable bonds is 5. The number of hydrogen-bond acceptors (Lipinski definition) is 6. The molecule has 0 fully saturated rings. The van der Waals surface area contributed by atoms with Crippen LogP contribution in [0.1, 0.15) is 22.8 Å². The Labute approximate surface area is 140 Å². The van der Waals surface area contributed by atoms with Crippen molar-refractivity contribution in [1.82, 2.24) is 15.2 Å². The van der Waals surface area contributed by atoms with E-state index in [1.54, 1.807) is 12.1 Å². The molecule has 120 valence electrons. The SMILES string of the molecule is CC(=O)c1cccc(Nc2cnnc(Nc3cccc(C)c3)n2)c1. The third-order valence-corrected chi connectivity index (χ3v) is 3.37. The molecule has 6 nitrogen and oxygen atoms in total. The Morgan fingerprint density at radius 2 is 1.75 bits per heavy atom. The smallest absolute Gasteiger partial charge is 0.249 e. The van der Waals surface area contributed by atoms with Crippen LogP contribution in [0, 0.1) is 6.92 Å². The Kier molecular flexibility index (Phi) is 4.47. The van der Waals surface area contributed by atoms with Crippen molar-refractivity contribution in [2.45, 2.75) is 13.8 Å². The van der Waals surface area contributed by atoms with E-state index in [0.29, 0.717) is 17.3 Å². The Balaban J connectivity index is 1.78. The third kappa shape index (κ3) is 3.92. The van der Waals surface area contributed by atoms with Crippen LogP contribution in [0.5, 0.6) is 0 Å². The lowest BCUT2D eigenvalue weighted by Gasteiger charge is -2.08. The van der Waals surface area contributed by atoms with E-state index in [9.17, 15) is 4.79 Å². The Morgan fingerprint density at radius 3 is 2.50 bits per heavy atom. The van der Waals surface area contributed by atoms with Crippen LogP contribution in [0.15, 0.2) is 54.7 Å². The molecule has 0 aliphatic heterocycles. The minimum absolute atomic E-state index is 0.0151. The number of anilines is 4. The molecule has 0 aliphatic carbocycles. The second kappa shape index (κ2) is 6.87. The summed E-state index contributed by atoms with van der Waals surface area (Å²) in [5, 5.41) is 14.2. The van der Waals surface area contributed by atoms with Crippen LogP contribution >= 0.6 is 0 Å². The maximum atomic E-state index is 11.5. The van der Waals surface area contributed by atoms with Crippen molar-refractivity contribution < 1.29 is 4.79 Å². The first-order chi connectivity index (χ1) is 11.6. The molecule has 0 atom stereocenters. The highest BCUT2D eigenvalue weighted by Crippen LogP contribution is 2.18. The molecule has 6 heteroatoms. The number of carbonyl (C=O) groups is 1. The summed E-state index contributed by atoms with van der Waals surface area (Å²) >= 11 is 0. The van der Waals surface area contributed by atoms with Gasteiger partial charge in [0.1, 0.15) is 0 Å². The van der Waals surface area contributed by atoms with Gasteiger partial charge in [-0.05, 0) is 43.7 Å². The molecule has 0 aliphatic rings. The van der Waals surface area contributed by atoms with Crippen LogP contribution in [-0.4, -0.2) is 21.0 Å². The number of benzene rings is 2. The standard InChI is InChI=1S/C18H17N5O/c1-12-5-3-7-15(9-12)21-18-22-17(11-19-23-18)20-16-8-4-6-14(10-16)13(2)24/h3-11H,1-2H3,(H2,20,21,22,23). The quantitative estimate of drug-likeness (QED) is 0.695. The molecule has 3 rings (SSSR count). The van der Waals surface area contributed by atoms with Crippen LogP contribution < -0.4 is 10.6 Å². The average molecular weight is 319 g/mol. The maximum Gasteiger partial charge on any atom is 0.249 e. The summed E-state index contributed by atoms with van der Waals surface area (Å²) in [4.78, 5) is 15.8. The molecule has 1 heterocycles. The van der Waals surface area contributed by atoms with Gasteiger partial charge in [0.2, 0.25) is 5.95 Å². The molecule has 0 unspecified atom stereocenters. The number of carbonyl (C=O) groups excluding carboxylic acids is 1. The van der Waals surface area contributed by atoms with E-state index in [2.05, 4.69) is 25.8 Å². The van der Waals surface area contributed by atoms with Crippen molar-refractivity contribution in [3.63, 3.8) is 0 Å². The molecule has 3 aromatic rings. The number of aromatic nitrogens is 3. The third-order valence-electron chi connectivity index (χ3n) is 3.37. The highest BCUT2D eigenvalue weighted by atomic mass is 16.1. The van der Waals surface area contributed by atoms with Crippen molar-refractivity contribution in [2.24, 2.45) is 0 Å². The molecule has 0 spiro atoms. The lowest BCUT2D eigenvalue weighted by atomic mass is 10.1. The predicted octanol–water partition coefficient (Wildman–Crippen LogP) is 3.87. The fraction of sp³-hybridized carbons (Fsp3) is 0.111. The molecule has 0 saturated carbocycles. The molecule has 24 heavy (non-hydrogen) atoms. The van der Waals surface area contributed by atoms with E-state index in [-0.39, 0.29) is 5.78 Å². The molecule has 0 saturated heterocycles. The first-order valence-electron chi connectivity index (χ1n) is 7.51. The van der Waals surface area contributed by atoms with Gasteiger partial charge in [0, 0.05) is 16.9 Å². The maximum absolute atomic E-state index is 11.5. The summed E-state index contributed by atoms with van der Waals surface area (Å²) in [7, 11) is 0. The second-order valence-corrected chi connectivity index (χ2v) is 5.42. The van der Waals surface area contributed by atoms with E-state index in [0.717, 1.165) is 16.9 Å². The number of Topliss-reactive ketones (excluding diaryl/α,β-unsaturated/α-hetero) is 1. The molecule has 0 radical (unpaired) electrons. The van der Waals surface area contributed by atoms with Gasteiger partial charge in [0.05, 0.1) is 6.20 Å². The van der Waals surface area contributed by atoms with Gasteiger partial charge in [-0.2, -0.15) is 10.1 Å². The predicted molar refractivity (Wildman–Crippen MR) is 94.0 cm³/mol. The summed E-state index contributed by atoms with van der Waals surface area (Å²) in [5.74, 6) is 0.954. The second-order valence-electron chi connectivity index (χ2n) is 5.42. The summed E-state index contributed by atoms with van der Waals surface area (Å²) in [5.41, 5.74) is 3.45. The van der Waals surface area contributed by atoms with Gasteiger partial charge in [-0.3, -0.25) is 4.79 Å². The number of nitrogens with zero attached hydrogens (tertiary/aromatic N) is 3. The zero-order chi connectivity index (χ0) is 16.9. The molecule has 2 aromatic carbocycles. The van der Waals surface area contributed by atoms with Crippen molar-refractivity contribution >= 4 is 28.9 Å². The van der Waals surface area contributed by atoms with Gasteiger partial charge in [-0.1, -0.05) is 24.3 Å². The molecule has 0 bridgehead atoms. The zero-order valence-electron chi connectivity index (χ0n) is 13.4. The fourth-order valence-electron chi connectivity index (χ4n) is 2.23. The molecule has 2 N–H and O–H groups in total. The normalized spacial score (nSPS) is 10.2. The first-order valence-corrected chi connectivity index (χ1v) is 7.51. The van der Waals surface area contributed by atoms with Gasteiger partial charge < -0.3 is 10.6 Å². The van der Waals surface area contributed by atoms with Gasteiger partial charge in [-0.25, -0.2) is 0 Å². The summed E-state index contributed by atoms with van der Waals surface area (Å²) in [6, 6.07) is 15.1. The average Bonchev–Trinajstić information content (AvgIpc) is 2.55. The minimum Gasteiger partial charge on any atom is -0.339 e. The topological polar surface area (TPSA) is 79.8 Å². The number of hydrogen-bond donors (Lipinski definition) is 2. The van der Waals surface area contributed by atoms with Crippen molar-refractivity contribution in [3.05, 3.63) is 65.9 Å². The van der Waals surface area contributed by atoms with Crippen molar-refractivity contribution in [2.75, 3.05) is 10.6 Å². The highest BCUT2D eigenvalue weighted by molar-refractivity contribution is 5.95. The van der Waals surface area contributed by atoms with E-state index >= 15 is 0 Å². The minimum atomic E-state index is 0.0151. The van der Waals surface area contributed by atoms with Gasteiger partial charge in [0.25, 0.3) is 0 Å². The Hall–Kier alpha value is -3.28. The van der Waals surface area contributed by atoms with Gasteiger partial charge in [0.15, 0.2) is 11.6 Å². The zero-order valence-corrected chi connectivity index (χ0v) is 13.4. The van der Waals surface area contributed by atoms with Crippen LogP contribution in [0.4, 0.5) is 23.1 Å². The first kappa shape index (κ1) is 15.6. The molecule has 0 amide bonds. The van der Waals surface area contributed by atoms with E-state index in [1.165, 1.54) is 13.1 Å². The van der Waals surface area contributed by atoms with Gasteiger partial charge in [-0.15, -0.1) is 5.10 Å².